The summed E-state index contributed by atoms with van der Waals surface area (Å²) >= 11 is 1.18. The third kappa shape index (κ3) is 9.24. The summed E-state index contributed by atoms with van der Waals surface area (Å²) in [4.78, 5) is 0. The zero-order valence-corrected chi connectivity index (χ0v) is 20.2. The molecule has 0 aromatic rings. The van der Waals surface area contributed by atoms with Crippen LogP contribution in [-0.4, -0.2) is 161 Å². The van der Waals surface area contributed by atoms with Crippen LogP contribution in [0.15, 0.2) is 0 Å². The van der Waals surface area contributed by atoms with Crippen LogP contribution in [0.2, 0.25) is 0 Å². The van der Waals surface area contributed by atoms with Crippen LogP contribution in [0, 0.1) is 0 Å². The number of rotatable bonds is 16. The van der Waals surface area contributed by atoms with Crippen molar-refractivity contribution < 1.29 is 64.2 Å². The zero-order chi connectivity index (χ0) is 25.8. The number of aliphatic hydroxyl groups excluding tert-OH is 7. The molecule has 2 rings (SSSR count). The van der Waals surface area contributed by atoms with Gasteiger partial charge in [0, 0.05) is 12.3 Å². The molecule has 0 aromatic carbocycles. The van der Waals surface area contributed by atoms with Crippen molar-refractivity contribution in [3.8, 4) is 0 Å². The topological polar surface area (TPSA) is 223 Å². The Morgan fingerprint density at radius 3 is 1.86 bits per heavy atom. The molecule has 0 radical (unpaired) electrons. The quantitative estimate of drug-likeness (QED) is 0.0873. The van der Waals surface area contributed by atoms with Gasteiger partial charge < -0.3 is 69.9 Å². The molecule has 2 aliphatic heterocycles. The molecule has 2 heterocycles. The van der Waals surface area contributed by atoms with Gasteiger partial charge in [-0.15, -0.1) is 11.8 Å². The Labute approximate surface area is 207 Å². The summed E-state index contributed by atoms with van der Waals surface area (Å²) in [5.74, 6) is 0.421. The average Bonchev–Trinajstić information content (AvgIpc) is 2.86. The normalized spacial score (nSPS) is 38.1. The Morgan fingerprint density at radius 2 is 1.26 bits per heavy atom. The molecule has 0 saturated carbocycles. The largest absolute Gasteiger partial charge is 0.394 e. The summed E-state index contributed by atoms with van der Waals surface area (Å²) < 4.78 is 32.4. The molecule has 35 heavy (non-hydrogen) atoms. The van der Waals surface area contributed by atoms with Crippen LogP contribution < -0.4 is 5.73 Å². The van der Waals surface area contributed by atoms with Gasteiger partial charge in [0.2, 0.25) is 0 Å². The van der Waals surface area contributed by atoms with Gasteiger partial charge in [-0.25, -0.2) is 0 Å². The fourth-order valence-electron chi connectivity index (χ4n) is 3.54. The third-order valence-corrected chi connectivity index (χ3v) is 6.60. The predicted molar refractivity (Wildman–Crippen MR) is 120 cm³/mol. The van der Waals surface area contributed by atoms with Gasteiger partial charge in [-0.3, -0.25) is 0 Å². The fourth-order valence-corrected chi connectivity index (χ4v) is 4.57. The van der Waals surface area contributed by atoms with E-state index in [1.807, 2.05) is 0 Å². The van der Waals surface area contributed by atoms with Crippen LogP contribution in [0.5, 0.6) is 0 Å². The molecule has 15 heteroatoms. The molecule has 14 nitrogen and oxygen atoms in total. The molecule has 0 amide bonds. The van der Waals surface area contributed by atoms with E-state index in [9.17, 15) is 35.7 Å². The molecule has 2 fully saturated rings. The highest BCUT2D eigenvalue weighted by Gasteiger charge is 2.50. The lowest BCUT2D eigenvalue weighted by Gasteiger charge is -2.46. The van der Waals surface area contributed by atoms with Gasteiger partial charge in [0.05, 0.1) is 52.9 Å². The van der Waals surface area contributed by atoms with Crippen molar-refractivity contribution in [2.45, 2.75) is 60.6 Å². The predicted octanol–water partition coefficient (Wildman–Crippen LogP) is -4.65. The van der Waals surface area contributed by atoms with Crippen LogP contribution >= 0.6 is 11.8 Å². The zero-order valence-electron chi connectivity index (χ0n) is 19.4. The third-order valence-electron chi connectivity index (χ3n) is 5.48. The van der Waals surface area contributed by atoms with Crippen molar-refractivity contribution in [3.63, 3.8) is 0 Å². The second-order valence-corrected chi connectivity index (χ2v) is 9.21. The molecular formula is C20H39NO13S. The Kier molecular flexibility index (Phi) is 14.7. The van der Waals surface area contributed by atoms with E-state index in [4.69, 9.17) is 34.2 Å². The monoisotopic (exact) mass is 533 g/mol. The van der Waals surface area contributed by atoms with E-state index in [1.54, 1.807) is 0 Å². The van der Waals surface area contributed by atoms with E-state index in [-0.39, 0.29) is 0 Å². The molecule has 9 N–H and O–H groups in total. The van der Waals surface area contributed by atoms with Crippen LogP contribution in [0.25, 0.3) is 0 Å². The number of aliphatic hydroxyl groups is 7. The standard InChI is InChI=1S/C20H39NO13S/c21-1-2-29-3-4-30-5-6-31-7-8-35-20-17(28)15(26)18(12(10-23)33-20)34-19-16(27)14(25)13(24)11(9-22)32-19/h11-20,22-28H,1-10,21H2/t11-,12-,13+,14+,15-,16-,17-,18-,19+,20?/m1/s1. The van der Waals surface area contributed by atoms with Crippen molar-refractivity contribution in [2.75, 3.05) is 65.2 Å². The highest BCUT2D eigenvalue weighted by molar-refractivity contribution is 7.99. The first-order valence-corrected chi connectivity index (χ1v) is 12.5. The Balaban J connectivity index is 1.74. The van der Waals surface area contributed by atoms with E-state index in [0.29, 0.717) is 51.9 Å². The smallest absolute Gasteiger partial charge is 0.187 e. The van der Waals surface area contributed by atoms with Crippen molar-refractivity contribution >= 4 is 11.8 Å². The molecule has 1 unspecified atom stereocenters. The van der Waals surface area contributed by atoms with Gasteiger partial charge in [-0.1, -0.05) is 0 Å². The van der Waals surface area contributed by atoms with Crippen molar-refractivity contribution in [2.24, 2.45) is 5.73 Å². The Bertz CT molecular complexity index is 563. The molecule has 2 saturated heterocycles. The fraction of sp³-hybridized carbons (Fsp3) is 1.00. The van der Waals surface area contributed by atoms with Gasteiger partial charge in [0.15, 0.2) is 6.29 Å². The van der Waals surface area contributed by atoms with E-state index < -0.39 is 73.8 Å². The molecule has 0 bridgehead atoms. The summed E-state index contributed by atoms with van der Waals surface area (Å²) in [6, 6.07) is 0. The number of hydrogen-bond acceptors (Lipinski definition) is 15. The van der Waals surface area contributed by atoms with Crippen molar-refractivity contribution in [3.05, 3.63) is 0 Å². The average molecular weight is 534 g/mol. The minimum Gasteiger partial charge on any atom is -0.394 e. The molecule has 10 atom stereocenters. The molecule has 208 valence electrons. The summed E-state index contributed by atoms with van der Waals surface area (Å²) in [6.07, 6.45) is -13.1. The number of thioether (sulfide) groups is 1. The lowest BCUT2D eigenvalue weighted by molar-refractivity contribution is -0.338. The first-order chi connectivity index (χ1) is 16.8. The molecule has 0 aromatic heterocycles. The highest BCUT2D eigenvalue weighted by atomic mass is 32.2. The lowest BCUT2D eigenvalue weighted by Crippen LogP contribution is -2.64. The minimum atomic E-state index is -1.71. The summed E-state index contributed by atoms with van der Waals surface area (Å²) in [5, 5.41) is 70.1. The maximum atomic E-state index is 10.6. The first kappa shape index (κ1) is 31.0. The minimum absolute atomic E-state index is 0.328. The maximum absolute atomic E-state index is 10.6. The number of ether oxygens (including phenoxy) is 6. The molecule has 2 aliphatic rings. The molecular weight excluding hydrogens is 494 g/mol. The Morgan fingerprint density at radius 1 is 0.657 bits per heavy atom. The number of nitrogens with two attached hydrogens (primary N) is 1. The SMILES string of the molecule is NCCOCCOCCOCCSC1O[C@H](CO)[C@@H](O[C@@H]2O[C@H](CO)[C@H](O)[C@H](O)[C@H]2O)[C@H](O)[C@H]1O. The molecule has 0 aliphatic carbocycles. The van der Waals surface area contributed by atoms with E-state index in [2.05, 4.69) is 0 Å². The highest BCUT2D eigenvalue weighted by Crippen LogP contribution is 2.32. The van der Waals surface area contributed by atoms with Crippen LogP contribution in [0.4, 0.5) is 0 Å². The van der Waals surface area contributed by atoms with Gasteiger partial charge in [0.25, 0.3) is 0 Å². The molecule has 0 spiro atoms. The second-order valence-electron chi connectivity index (χ2n) is 8.00. The lowest BCUT2D eigenvalue weighted by atomic mass is 9.97. The summed E-state index contributed by atoms with van der Waals surface area (Å²) in [7, 11) is 0. The van der Waals surface area contributed by atoms with E-state index in [0.717, 1.165) is 0 Å². The summed E-state index contributed by atoms with van der Waals surface area (Å²) in [6.45, 7) is 1.69. The van der Waals surface area contributed by atoms with Gasteiger partial charge in [0.1, 0.15) is 54.3 Å². The Hall–Kier alpha value is -0.210. The summed E-state index contributed by atoms with van der Waals surface area (Å²) in [5.41, 5.74) is 4.42. The first-order valence-electron chi connectivity index (χ1n) is 11.5. The van der Waals surface area contributed by atoms with Gasteiger partial charge in [-0.2, -0.15) is 0 Å². The van der Waals surface area contributed by atoms with E-state index >= 15 is 0 Å². The van der Waals surface area contributed by atoms with E-state index in [1.165, 1.54) is 11.8 Å². The van der Waals surface area contributed by atoms with Crippen LogP contribution in [0.3, 0.4) is 0 Å². The maximum Gasteiger partial charge on any atom is 0.187 e. The van der Waals surface area contributed by atoms with Crippen molar-refractivity contribution in [1.29, 1.82) is 0 Å². The van der Waals surface area contributed by atoms with Gasteiger partial charge >= 0.3 is 0 Å². The van der Waals surface area contributed by atoms with Gasteiger partial charge in [-0.05, 0) is 0 Å². The second kappa shape index (κ2) is 16.6. The number of hydrogen-bond donors (Lipinski definition) is 8. The van der Waals surface area contributed by atoms with Crippen LogP contribution in [0.1, 0.15) is 0 Å². The van der Waals surface area contributed by atoms with Crippen molar-refractivity contribution in [1.82, 2.24) is 0 Å². The van der Waals surface area contributed by atoms with Crippen LogP contribution in [-0.2, 0) is 28.4 Å².